The second-order valence-corrected chi connectivity index (χ2v) is 12.2. The molecule has 4 rings (SSSR count). The van der Waals surface area contributed by atoms with Crippen molar-refractivity contribution in [3.05, 3.63) is 47.3 Å². The van der Waals surface area contributed by atoms with Crippen LogP contribution < -0.4 is 14.9 Å². The van der Waals surface area contributed by atoms with Gasteiger partial charge in [0, 0.05) is 43.5 Å². The first-order chi connectivity index (χ1) is 17.2. The van der Waals surface area contributed by atoms with Crippen LogP contribution in [0.1, 0.15) is 56.8 Å². The van der Waals surface area contributed by atoms with Crippen molar-refractivity contribution in [1.82, 2.24) is 25.1 Å². The predicted octanol–water partition coefficient (Wildman–Crippen LogP) is 3.48. The zero-order valence-electron chi connectivity index (χ0n) is 21.2. The van der Waals surface area contributed by atoms with Crippen LogP contribution in [-0.4, -0.2) is 54.9 Å². The minimum atomic E-state index is -4.46. The van der Waals surface area contributed by atoms with E-state index in [9.17, 15) is 21.6 Å². The number of halogens is 3. The van der Waals surface area contributed by atoms with Crippen molar-refractivity contribution in [2.45, 2.75) is 76.5 Å². The quantitative estimate of drug-likeness (QED) is 0.547. The number of hydroxylamine groups is 1. The summed E-state index contributed by atoms with van der Waals surface area (Å²) in [6.45, 7) is 7.83. The number of fused-ring (bicyclic) bond motifs is 1. The van der Waals surface area contributed by atoms with E-state index in [1.807, 2.05) is 33.8 Å². The van der Waals surface area contributed by atoms with Gasteiger partial charge in [-0.3, -0.25) is 9.74 Å². The Morgan fingerprint density at radius 2 is 1.92 bits per heavy atom. The molecule has 3 heterocycles. The monoisotopic (exact) mass is 543 g/mol. The Balaban J connectivity index is 1.41. The van der Waals surface area contributed by atoms with Crippen molar-refractivity contribution < 1.29 is 31.2 Å². The van der Waals surface area contributed by atoms with Gasteiger partial charge in [0.05, 0.1) is 17.2 Å². The van der Waals surface area contributed by atoms with Crippen LogP contribution in [0.3, 0.4) is 0 Å². The Hall–Kier alpha value is -2.32. The molecule has 0 spiro atoms. The zero-order valence-corrected chi connectivity index (χ0v) is 22.0. The second kappa shape index (κ2) is 10.4. The summed E-state index contributed by atoms with van der Waals surface area (Å²) in [5.74, 6) is 0. The number of nitrogens with zero attached hydrogens (tertiary/aromatic N) is 3. The lowest BCUT2D eigenvalue weighted by Crippen LogP contribution is -2.41. The van der Waals surface area contributed by atoms with Gasteiger partial charge in [-0.1, -0.05) is 26.8 Å². The number of benzene rings is 1. The molecular formula is C24H32F3N5O4S. The Morgan fingerprint density at radius 3 is 2.54 bits per heavy atom. The van der Waals surface area contributed by atoms with E-state index in [-0.39, 0.29) is 28.5 Å². The summed E-state index contributed by atoms with van der Waals surface area (Å²) in [7, 11) is -3.78. The molecule has 0 aliphatic carbocycles. The average Bonchev–Trinajstić information content (AvgIpc) is 3.30. The molecule has 13 heteroatoms. The summed E-state index contributed by atoms with van der Waals surface area (Å²) in [6.07, 6.45) is -0.962. The molecule has 0 radical (unpaired) electrons. The maximum absolute atomic E-state index is 13.1. The van der Waals surface area contributed by atoms with Crippen molar-refractivity contribution in [2.24, 2.45) is 5.41 Å². The number of nitrogens with one attached hydrogen (secondary N) is 2. The van der Waals surface area contributed by atoms with Crippen LogP contribution in [0.4, 0.5) is 13.2 Å². The smallest absolute Gasteiger partial charge is 0.422 e. The molecule has 37 heavy (non-hydrogen) atoms. The van der Waals surface area contributed by atoms with Gasteiger partial charge in [-0.25, -0.2) is 18.4 Å². The highest BCUT2D eigenvalue weighted by Crippen LogP contribution is 2.31. The van der Waals surface area contributed by atoms with E-state index >= 15 is 0 Å². The van der Waals surface area contributed by atoms with Gasteiger partial charge in [-0.15, -0.1) is 0 Å². The molecule has 1 fully saturated rings. The third-order valence-electron chi connectivity index (χ3n) is 6.64. The van der Waals surface area contributed by atoms with Crippen LogP contribution in [0, 0.1) is 5.41 Å². The molecule has 2 unspecified atom stereocenters. The van der Waals surface area contributed by atoms with Crippen LogP contribution in [0.15, 0.2) is 35.5 Å². The molecule has 2 N–H and O–H groups in total. The predicted molar refractivity (Wildman–Crippen MR) is 129 cm³/mol. The fourth-order valence-electron chi connectivity index (χ4n) is 4.36. The number of hydrogen-bond donors (Lipinski definition) is 2. The van der Waals surface area contributed by atoms with Gasteiger partial charge in [-0.05, 0) is 42.0 Å². The number of sulfonamides is 1. The normalized spacial score (nSPS) is 22.0. The minimum absolute atomic E-state index is 0.118. The lowest BCUT2D eigenvalue weighted by Gasteiger charge is -2.34. The number of hydrogen-bond acceptors (Lipinski definition) is 8. The lowest BCUT2D eigenvalue weighted by atomic mass is 9.87. The van der Waals surface area contributed by atoms with Gasteiger partial charge >= 0.3 is 12.2 Å². The molecule has 1 aromatic carbocycles. The molecular weight excluding hydrogens is 511 g/mol. The van der Waals surface area contributed by atoms with Gasteiger partial charge in [0.1, 0.15) is 0 Å². The standard InChI is InChI=1S/C24H32F3N5O4S/c1-15(18-11-28-22(29-12-18)35-14-24(25,26)27)32-8-7-16-5-6-19(9-17(16)13-32)37(33,34)31-21-10-20(36-30-21)23(2,3)4/h5-6,9,11-12,15,20-21,30-31H,7-8,10,13-14H2,1-4H3/t15-,20?,21?/m1/s1. The summed E-state index contributed by atoms with van der Waals surface area (Å²) < 4.78 is 70.5. The van der Waals surface area contributed by atoms with Crippen LogP contribution in [0.2, 0.25) is 0 Å². The summed E-state index contributed by atoms with van der Waals surface area (Å²) in [6, 6.07) is 4.68. The van der Waals surface area contributed by atoms with Crippen LogP contribution >= 0.6 is 0 Å². The first kappa shape index (κ1) is 27.7. The molecule has 2 aliphatic heterocycles. The Labute approximate surface area is 214 Å². The summed E-state index contributed by atoms with van der Waals surface area (Å²) in [4.78, 5) is 15.7. The van der Waals surface area contributed by atoms with E-state index < -0.39 is 29.0 Å². The topological polar surface area (TPSA) is 106 Å². The number of alkyl halides is 3. The highest BCUT2D eigenvalue weighted by atomic mass is 32.2. The molecule has 2 aromatic rings. The van der Waals surface area contributed by atoms with Crippen LogP contribution in [0.5, 0.6) is 6.01 Å². The lowest BCUT2D eigenvalue weighted by molar-refractivity contribution is -0.154. The summed E-state index contributed by atoms with van der Waals surface area (Å²) >= 11 is 0. The second-order valence-electron chi connectivity index (χ2n) is 10.5. The highest BCUT2D eigenvalue weighted by Gasteiger charge is 2.36. The zero-order chi connectivity index (χ0) is 27.0. The van der Waals surface area contributed by atoms with E-state index in [0.717, 1.165) is 24.1 Å². The minimum Gasteiger partial charge on any atom is -0.454 e. The van der Waals surface area contributed by atoms with Crippen molar-refractivity contribution in [2.75, 3.05) is 13.2 Å². The third kappa shape index (κ3) is 6.96. The van der Waals surface area contributed by atoms with E-state index in [0.29, 0.717) is 18.5 Å². The molecule has 204 valence electrons. The Bertz CT molecular complexity index is 1200. The molecule has 3 atom stereocenters. The molecule has 1 saturated heterocycles. The van der Waals surface area contributed by atoms with Crippen LogP contribution in [-0.2, 0) is 27.8 Å². The van der Waals surface area contributed by atoms with E-state index in [4.69, 9.17) is 4.84 Å². The maximum atomic E-state index is 13.1. The number of ether oxygens (including phenoxy) is 1. The third-order valence-corrected chi connectivity index (χ3v) is 8.11. The maximum Gasteiger partial charge on any atom is 0.422 e. The first-order valence-corrected chi connectivity index (χ1v) is 13.5. The molecule has 0 amide bonds. The van der Waals surface area contributed by atoms with E-state index in [1.165, 1.54) is 12.4 Å². The average molecular weight is 544 g/mol. The Morgan fingerprint density at radius 1 is 1.22 bits per heavy atom. The summed E-state index contributed by atoms with van der Waals surface area (Å²) in [5, 5.41) is 0. The van der Waals surface area contributed by atoms with Gasteiger partial charge in [0.15, 0.2) is 6.61 Å². The molecule has 1 aromatic heterocycles. The van der Waals surface area contributed by atoms with Gasteiger partial charge in [0.2, 0.25) is 10.0 Å². The van der Waals surface area contributed by atoms with Gasteiger partial charge < -0.3 is 4.74 Å². The van der Waals surface area contributed by atoms with Crippen LogP contribution in [0.25, 0.3) is 0 Å². The number of rotatable bonds is 7. The van der Waals surface area contributed by atoms with E-state index in [2.05, 4.69) is 29.8 Å². The highest BCUT2D eigenvalue weighted by molar-refractivity contribution is 7.89. The summed E-state index contributed by atoms with van der Waals surface area (Å²) in [5.41, 5.74) is 5.35. The van der Waals surface area contributed by atoms with E-state index in [1.54, 1.807) is 12.1 Å². The van der Waals surface area contributed by atoms with Gasteiger partial charge in [0.25, 0.3) is 0 Å². The van der Waals surface area contributed by atoms with Crippen molar-refractivity contribution in [3.8, 4) is 6.01 Å². The van der Waals surface area contributed by atoms with Crippen molar-refractivity contribution in [3.63, 3.8) is 0 Å². The molecule has 2 aliphatic rings. The van der Waals surface area contributed by atoms with Crippen molar-refractivity contribution in [1.29, 1.82) is 0 Å². The first-order valence-electron chi connectivity index (χ1n) is 12.0. The number of aromatic nitrogens is 2. The van der Waals surface area contributed by atoms with Gasteiger partial charge in [-0.2, -0.15) is 23.4 Å². The van der Waals surface area contributed by atoms with Crippen molar-refractivity contribution >= 4 is 10.0 Å². The Kier molecular flexibility index (Phi) is 7.82. The molecule has 0 bridgehead atoms. The largest absolute Gasteiger partial charge is 0.454 e. The fraction of sp³-hybridized carbons (Fsp3) is 0.583. The molecule has 9 nitrogen and oxygen atoms in total. The SMILES string of the molecule is C[C@H](c1cnc(OCC(F)(F)F)nc1)N1CCc2ccc(S(=O)(=O)NC3CC(C(C)(C)C)ON3)cc2C1. The fourth-order valence-corrected chi connectivity index (χ4v) is 5.56. The molecule has 0 saturated carbocycles.